The highest BCUT2D eigenvalue weighted by Gasteiger charge is 2.33. The number of nitrogens with zero attached hydrogens (tertiary/aromatic N) is 1. The summed E-state index contributed by atoms with van der Waals surface area (Å²) in [4.78, 5) is 15.4. The van der Waals surface area contributed by atoms with Gasteiger partial charge in [0.2, 0.25) is 5.78 Å². The molecule has 1 aliphatic rings. The van der Waals surface area contributed by atoms with Gasteiger partial charge in [-0.2, -0.15) is 0 Å². The van der Waals surface area contributed by atoms with Crippen molar-refractivity contribution in [1.82, 2.24) is 4.98 Å². The van der Waals surface area contributed by atoms with Crippen LogP contribution in [0.25, 0.3) is 6.08 Å². The quantitative estimate of drug-likeness (QED) is 0.760. The van der Waals surface area contributed by atoms with E-state index in [9.17, 15) is 4.79 Å². The van der Waals surface area contributed by atoms with Crippen LogP contribution in [-0.2, 0) is 9.53 Å². The van der Waals surface area contributed by atoms with Crippen molar-refractivity contribution in [1.29, 1.82) is 0 Å². The normalized spacial score (nSPS) is 18.6. The van der Waals surface area contributed by atoms with Gasteiger partial charge in [-0.3, -0.25) is 9.78 Å². The van der Waals surface area contributed by atoms with E-state index < -0.39 is 5.60 Å². The lowest BCUT2D eigenvalue weighted by Gasteiger charge is -2.16. The largest absolute Gasteiger partial charge is 0.480 e. The Morgan fingerprint density at radius 2 is 1.94 bits per heavy atom. The predicted molar refractivity (Wildman–Crippen MR) is 61.5 cm³/mol. The summed E-state index contributed by atoms with van der Waals surface area (Å²) >= 11 is 0. The summed E-state index contributed by atoms with van der Waals surface area (Å²) in [5.74, 6) is 0.605. The number of ether oxygens (including phenoxy) is 1. The minimum Gasteiger partial charge on any atom is -0.480 e. The molecule has 1 aromatic heterocycles. The molecule has 0 bridgehead atoms. The second-order valence-corrected chi connectivity index (χ2v) is 4.14. The zero-order valence-corrected chi connectivity index (χ0v) is 9.31. The molecule has 3 nitrogen and oxygen atoms in total. The molecule has 0 saturated carbocycles. The standard InChI is InChI=1S/C13H13NO2/c1-13(2)12(15)9-11(16-13)4-3-10-5-7-14-8-6-10/h3-9H,1-2H3/b4-3+. The minimum atomic E-state index is -0.724. The Hall–Kier alpha value is -1.90. The van der Waals surface area contributed by atoms with E-state index in [1.54, 1.807) is 32.3 Å². The van der Waals surface area contributed by atoms with Crippen molar-refractivity contribution in [2.75, 3.05) is 0 Å². The molecule has 0 aliphatic carbocycles. The number of hydrogen-bond acceptors (Lipinski definition) is 3. The monoisotopic (exact) mass is 215 g/mol. The molecule has 0 amide bonds. The molecule has 0 unspecified atom stereocenters. The number of aromatic nitrogens is 1. The first kappa shape index (κ1) is 10.6. The highest BCUT2D eigenvalue weighted by atomic mass is 16.5. The average Bonchev–Trinajstić information content (AvgIpc) is 2.52. The topological polar surface area (TPSA) is 39.2 Å². The summed E-state index contributed by atoms with van der Waals surface area (Å²) in [6, 6.07) is 3.78. The third-order valence-corrected chi connectivity index (χ3v) is 2.39. The lowest BCUT2D eigenvalue weighted by atomic mass is 10.1. The second kappa shape index (κ2) is 3.93. The van der Waals surface area contributed by atoms with Gasteiger partial charge in [0.15, 0.2) is 5.60 Å². The van der Waals surface area contributed by atoms with Crippen molar-refractivity contribution in [3.8, 4) is 0 Å². The lowest BCUT2D eigenvalue weighted by molar-refractivity contribution is -0.126. The van der Waals surface area contributed by atoms with Gasteiger partial charge < -0.3 is 4.74 Å². The summed E-state index contributed by atoms with van der Waals surface area (Å²) in [7, 11) is 0. The van der Waals surface area contributed by atoms with E-state index in [2.05, 4.69) is 4.98 Å². The van der Waals surface area contributed by atoms with Crippen LogP contribution < -0.4 is 0 Å². The average molecular weight is 215 g/mol. The molecule has 0 aromatic carbocycles. The fourth-order valence-electron chi connectivity index (χ4n) is 1.41. The zero-order chi connectivity index (χ0) is 11.6. The van der Waals surface area contributed by atoms with E-state index in [0.29, 0.717) is 5.76 Å². The molecule has 1 aliphatic heterocycles. The molecule has 1 aromatic rings. The Labute approximate surface area is 94.5 Å². The third-order valence-electron chi connectivity index (χ3n) is 2.39. The SMILES string of the molecule is CC1(C)OC(/C=C/c2ccncc2)=CC1=O. The van der Waals surface area contributed by atoms with Crippen molar-refractivity contribution in [2.45, 2.75) is 19.4 Å². The summed E-state index contributed by atoms with van der Waals surface area (Å²) < 4.78 is 5.49. The van der Waals surface area contributed by atoms with Crippen LogP contribution in [-0.4, -0.2) is 16.4 Å². The first-order valence-electron chi connectivity index (χ1n) is 5.11. The van der Waals surface area contributed by atoms with Crippen molar-refractivity contribution in [3.63, 3.8) is 0 Å². The molecule has 0 saturated heterocycles. The molecule has 3 heteroatoms. The first-order valence-corrected chi connectivity index (χ1v) is 5.11. The summed E-state index contributed by atoms with van der Waals surface area (Å²) in [6.45, 7) is 3.53. The smallest absolute Gasteiger partial charge is 0.202 e. The van der Waals surface area contributed by atoms with Crippen molar-refractivity contribution < 1.29 is 9.53 Å². The highest BCUT2D eigenvalue weighted by Crippen LogP contribution is 2.25. The van der Waals surface area contributed by atoms with Crippen LogP contribution in [0.1, 0.15) is 19.4 Å². The maximum absolute atomic E-state index is 11.5. The maximum Gasteiger partial charge on any atom is 0.202 e. The van der Waals surface area contributed by atoms with E-state index in [4.69, 9.17) is 4.74 Å². The molecule has 0 radical (unpaired) electrons. The van der Waals surface area contributed by atoms with Crippen LogP contribution in [0.15, 0.2) is 42.4 Å². The Balaban J connectivity index is 2.11. The molecule has 0 N–H and O–H groups in total. The lowest BCUT2D eigenvalue weighted by Crippen LogP contribution is -2.27. The fraction of sp³-hybridized carbons (Fsp3) is 0.231. The Morgan fingerprint density at radius 3 is 2.50 bits per heavy atom. The number of carbonyl (C=O) groups is 1. The predicted octanol–water partition coefficient (Wildman–Crippen LogP) is 2.36. The van der Waals surface area contributed by atoms with Gasteiger partial charge >= 0.3 is 0 Å². The van der Waals surface area contributed by atoms with Gasteiger partial charge in [-0.1, -0.05) is 6.08 Å². The van der Waals surface area contributed by atoms with E-state index in [0.717, 1.165) is 5.56 Å². The molecular formula is C13H13NO2. The van der Waals surface area contributed by atoms with Gasteiger partial charge in [-0.05, 0) is 37.6 Å². The molecule has 2 rings (SSSR count). The summed E-state index contributed by atoms with van der Waals surface area (Å²) in [6.07, 6.45) is 8.65. The molecular weight excluding hydrogens is 202 g/mol. The molecule has 2 heterocycles. The van der Waals surface area contributed by atoms with Crippen molar-refractivity contribution in [2.24, 2.45) is 0 Å². The van der Waals surface area contributed by atoms with Crippen LogP contribution in [0.5, 0.6) is 0 Å². The highest BCUT2D eigenvalue weighted by molar-refractivity contribution is 5.99. The van der Waals surface area contributed by atoms with Gasteiger partial charge in [0.25, 0.3) is 0 Å². The summed E-state index contributed by atoms with van der Waals surface area (Å²) in [5.41, 5.74) is 0.300. The first-order chi connectivity index (χ1) is 7.58. The second-order valence-electron chi connectivity index (χ2n) is 4.14. The van der Waals surface area contributed by atoms with Gasteiger partial charge in [0.1, 0.15) is 5.76 Å². The molecule has 0 atom stereocenters. The fourth-order valence-corrected chi connectivity index (χ4v) is 1.41. The van der Waals surface area contributed by atoms with Crippen molar-refractivity contribution in [3.05, 3.63) is 48.0 Å². The van der Waals surface area contributed by atoms with Gasteiger partial charge in [-0.15, -0.1) is 0 Å². The Kier molecular flexibility index (Phi) is 2.60. The van der Waals surface area contributed by atoms with E-state index >= 15 is 0 Å². The van der Waals surface area contributed by atoms with E-state index in [-0.39, 0.29) is 5.78 Å². The minimum absolute atomic E-state index is 0.00174. The van der Waals surface area contributed by atoms with Crippen LogP contribution in [0, 0.1) is 0 Å². The Bertz CT molecular complexity index is 458. The number of carbonyl (C=O) groups excluding carboxylic acids is 1. The van der Waals surface area contributed by atoms with E-state index in [1.165, 1.54) is 6.08 Å². The van der Waals surface area contributed by atoms with Gasteiger partial charge in [-0.25, -0.2) is 0 Å². The Morgan fingerprint density at radius 1 is 1.25 bits per heavy atom. The van der Waals surface area contributed by atoms with Crippen molar-refractivity contribution >= 4 is 11.9 Å². The number of rotatable bonds is 2. The van der Waals surface area contributed by atoms with Gasteiger partial charge in [0, 0.05) is 18.5 Å². The molecule has 82 valence electrons. The molecule has 0 fully saturated rings. The number of ketones is 1. The van der Waals surface area contributed by atoms with Gasteiger partial charge in [0.05, 0.1) is 0 Å². The number of allylic oxidation sites excluding steroid dienone is 1. The maximum atomic E-state index is 11.5. The van der Waals surface area contributed by atoms with Crippen LogP contribution in [0.3, 0.4) is 0 Å². The third kappa shape index (κ3) is 2.19. The molecule has 16 heavy (non-hydrogen) atoms. The number of hydrogen-bond donors (Lipinski definition) is 0. The van der Waals surface area contributed by atoms with Crippen LogP contribution >= 0.6 is 0 Å². The summed E-state index contributed by atoms with van der Waals surface area (Å²) in [5, 5.41) is 0. The van der Waals surface area contributed by atoms with E-state index in [1.807, 2.05) is 18.2 Å². The zero-order valence-electron chi connectivity index (χ0n) is 9.31. The van der Waals surface area contributed by atoms with Crippen LogP contribution in [0.4, 0.5) is 0 Å². The van der Waals surface area contributed by atoms with Crippen LogP contribution in [0.2, 0.25) is 0 Å². The molecule has 0 spiro atoms. The number of pyridine rings is 1.